The predicted molar refractivity (Wildman–Crippen MR) is 71.4 cm³/mol. The highest BCUT2D eigenvalue weighted by Crippen LogP contribution is 2.34. The summed E-state index contributed by atoms with van der Waals surface area (Å²) in [7, 11) is -3.97. The monoisotopic (exact) mass is 344 g/mol. The fourth-order valence-electron chi connectivity index (χ4n) is 1.77. The molecule has 118 valence electrons. The highest BCUT2D eigenvalue weighted by molar-refractivity contribution is 7.90. The van der Waals surface area contributed by atoms with Crippen LogP contribution in [0, 0.1) is 0 Å². The molecule has 10 heteroatoms. The second kappa shape index (κ2) is 5.99. The van der Waals surface area contributed by atoms with E-state index in [1.54, 1.807) is 0 Å². The molecule has 1 N–H and O–H groups in total. The molecule has 0 unspecified atom stereocenters. The highest BCUT2D eigenvalue weighted by Gasteiger charge is 2.32. The van der Waals surface area contributed by atoms with Gasteiger partial charge in [-0.05, 0) is 18.2 Å². The van der Waals surface area contributed by atoms with Crippen LogP contribution in [-0.4, -0.2) is 39.0 Å². The number of nitrogens with one attached hydrogen (secondary N) is 1. The number of anilines is 1. The Hall–Kier alpha value is -1.03. The summed E-state index contributed by atoms with van der Waals surface area (Å²) in [5, 5.41) is -0.111. The predicted octanol–water partition coefficient (Wildman–Crippen LogP) is 2.35. The van der Waals surface area contributed by atoms with Crippen molar-refractivity contribution in [2.45, 2.75) is 6.18 Å². The number of alkyl halides is 3. The van der Waals surface area contributed by atoms with Gasteiger partial charge in [0, 0.05) is 13.1 Å². The molecule has 2 rings (SSSR count). The van der Waals surface area contributed by atoms with Crippen molar-refractivity contribution in [1.82, 2.24) is 4.31 Å². The number of ether oxygens (including phenoxy) is 1. The van der Waals surface area contributed by atoms with Gasteiger partial charge in [0.05, 0.1) is 29.5 Å². The zero-order chi connectivity index (χ0) is 15.7. The lowest BCUT2D eigenvalue weighted by atomic mass is 10.2. The number of halogens is 4. The fourth-order valence-corrected chi connectivity index (χ4v) is 3.20. The molecule has 1 aliphatic heterocycles. The molecule has 1 heterocycles. The number of hydrogen-bond donors (Lipinski definition) is 1. The standard InChI is InChI=1S/C11H12ClF3N2O3S/c12-9-2-1-8(11(13,14)15)7-10(9)16-21(18,19)17-3-5-20-6-4-17/h1-2,7,16H,3-6H2. The van der Waals surface area contributed by atoms with Gasteiger partial charge in [-0.3, -0.25) is 4.72 Å². The van der Waals surface area contributed by atoms with Crippen molar-refractivity contribution in [2.24, 2.45) is 0 Å². The Balaban J connectivity index is 2.26. The second-order valence-corrected chi connectivity index (χ2v) is 6.39. The lowest BCUT2D eigenvalue weighted by Gasteiger charge is -2.26. The summed E-state index contributed by atoms with van der Waals surface area (Å²) < 4.78 is 70.3. The third-order valence-electron chi connectivity index (χ3n) is 2.84. The number of nitrogens with zero attached hydrogens (tertiary/aromatic N) is 1. The Kier molecular flexibility index (Phi) is 4.66. The van der Waals surface area contributed by atoms with Crippen LogP contribution >= 0.6 is 11.6 Å². The van der Waals surface area contributed by atoms with E-state index in [0.717, 1.165) is 16.4 Å². The molecule has 0 aromatic heterocycles. The summed E-state index contributed by atoms with van der Waals surface area (Å²) in [4.78, 5) is 0. The van der Waals surface area contributed by atoms with E-state index >= 15 is 0 Å². The third-order valence-corrected chi connectivity index (χ3v) is 4.70. The van der Waals surface area contributed by atoms with Gasteiger partial charge in [-0.25, -0.2) is 0 Å². The molecule has 1 fully saturated rings. The first kappa shape index (κ1) is 16.3. The van der Waals surface area contributed by atoms with Gasteiger partial charge >= 0.3 is 16.4 Å². The van der Waals surface area contributed by atoms with Crippen LogP contribution in [0.15, 0.2) is 18.2 Å². The summed E-state index contributed by atoms with van der Waals surface area (Å²) in [5.74, 6) is 0. The maximum absolute atomic E-state index is 12.6. The minimum absolute atomic E-state index is 0.111. The Morgan fingerprint density at radius 1 is 1.24 bits per heavy atom. The molecular formula is C11H12ClF3N2O3S. The lowest BCUT2D eigenvalue weighted by Crippen LogP contribution is -2.43. The summed E-state index contributed by atoms with van der Waals surface area (Å²) in [5.41, 5.74) is -1.29. The molecule has 1 aromatic rings. The van der Waals surface area contributed by atoms with Crippen molar-refractivity contribution < 1.29 is 26.3 Å². The second-order valence-electron chi connectivity index (χ2n) is 4.31. The quantitative estimate of drug-likeness (QED) is 0.915. The van der Waals surface area contributed by atoms with Gasteiger partial charge in [-0.15, -0.1) is 0 Å². The third kappa shape index (κ3) is 4.00. The molecule has 0 aliphatic carbocycles. The molecule has 0 saturated carbocycles. The van der Waals surface area contributed by atoms with E-state index in [1.807, 2.05) is 0 Å². The van der Waals surface area contributed by atoms with E-state index in [0.29, 0.717) is 6.07 Å². The average molecular weight is 345 g/mol. The van der Waals surface area contributed by atoms with Crippen LogP contribution < -0.4 is 4.72 Å². The largest absolute Gasteiger partial charge is 0.416 e. The van der Waals surface area contributed by atoms with Gasteiger partial charge < -0.3 is 4.74 Å². The number of hydrogen-bond acceptors (Lipinski definition) is 3. The van der Waals surface area contributed by atoms with Gasteiger partial charge in [-0.2, -0.15) is 25.9 Å². The van der Waals surface area contributed by atoms with E-state index in [4.69, 9.17) is 16.3 Å². The van der Waals surface area contributed by atoms with Gasteiger partial charge in [0.1, 0.15) is 0 Å². The van der Waals surface area contributed by atoms with Crippen LogP contribution in [0.5, 0.6) is 0 Å². The SMILES string of the molecule is O=S(=O)(Nc1cc(C(F)(F)F)ccc1Cl)N1CCOCC1. The van der Waals surface area contributed by atoms with Gasteiger partial charge in [0.25, 0.3) is 0 Å². The molecule has 5 nitrogen and oxygen atoms in total. The van der Waals surface area contributed by atoms with E-state index in [9.17, 15) is 21.6 Å². The summed E-state index contributed by atoms with van der Waals surface area (Å²) in [6.07, 6.45) is -4.58. The normalized spacial score (nSPS) is 17.7. The molecule has 0 bridgehead atoms. The van der Waals surface area contributed by atoms with Crippen LogP contribution in [0.4, 0.5) is 18.9 Å². The van der Waals surface area contributed by atoms with E-state index in [-0.39, 0.29) is 37.0 Å². The van der Waals surface area contributed by atoms with Crippen LogP contribution in [0.1, 0.15) is 5.56 Å². The zero-order valence-electron chi connectivity index (χ0n) is 10.7. The van der Waals surface area contributed by atoms with Crippen molar-refractivity contribution in [2.75, 3.05) is 31.0 Å². The van der Waals surface area contributed by atoms with Gasteiger partial charge in [0.2, 0.25) is 0 Å². The van der Waals surface area contributed by atoms with Crippen LogP contribution in [0.3, 0.4) is 0 Å². The minimum Gasteiger partial charge on any atom is -0.379 e. The van der Waals surface area contributed by atoms with Crippen molar-refractivity contribution in [3.8, 4) is 0 Å². The molecular weight excluding hydrogens is 333 g/mol. The van der Waals surface area contributed by atoms with Crippen LogP contribution in [0.2, 0.25) is 5.02 Å². The van der Waals surface area contributed by atoms with Gasteiger partial charge in [0.15, 0.2) is 0 Å². The smallest absolute Gasteiger partial charge is 0.379 e. The highest BCUT2D eigenvalue weighted by atomic mass is 35.5. The van der Waals surface area contributed by atoms with Gasteiger partial charge in [-0.1, -0.05) is 11.6 Å². The Bertz CT molecular complexity index is 616. The van der Waals surface area contributed by atoms with Crippen LogP contribution in [0.25, 0.3) is 0 Å². The first-order valence-corrected chi connectivity index (χ1v) is 7.74. The average Bonchev–Trinajstić information content (AvgIpc) is 2.41. The van der Waals surface area contributed by atoms with Crippen molar-refractivity contribution >= 4 is 27.5 Å². The maximum Gasteiger partial charge on any atom is 0.416 e. The molecule has 0 atom stereocenters. The van der Waals surface area contributed by atoms with E-state index in [1.165, 1.54) is 0 Å². The Labute approximate surface area is 124 Å². The Morgan fingerprint density at radius 2 is 1.86 bits per heavy atom. The topological polar surface area (TPSA) is 58.6 Å². The number of rotatable bonds is 3. The van der Waals surface area contributed by atoms with Crippen LogP contribution in [-0.2, 0) is 21.1 Å². The molecule has 0 spiro atoms. The maximum atomic E-state index is 12.6. The number of morpholine rings is 1. The molecule has 1 aliphatic rings. The van der Waals surface area contributed by atoms with E-state index < -0.39 is 21.9 Å². The fraction of sp³-hybridized carbons (Fsp3) is 0.455. The Morgan fingerprint density at radius 3 is 2.43 bits per heavy atom. The molecule has 0 radical (unpaired) electrons. The molecule has 1 saturated heterocycles. The first-order valence-electron chi connectivity index (χ1n) is 5.92. The molecule has 1 aromatic carbocycles. The molecule has 21 heavy (non-hydrogen) atoms. The van der Waals surface area contributed by atoms with Crippen molar-refractivity contribution in [3.63, 3.8) is 0 Å². The number of benzene rings is 1. The minimum atomic E-state index is -4.58. The summed E-state index contributed by atoms with van der Waals surface area (Å²) in [6.45, 7) is 0.728. The lowest BCUT2D eigenvalue weighted by molar-refractivity contribution is -0.137. The van der Waals surface area contributed by atoms with E-state index in [2.05, 4.69) is 4.72 Å². The summed E-state index contributed by atoms with van der Waals surface area (Å²) in [6, 6.07) is 2.46. The summed E-state index contributed by atoms with van der Waals surface area (Å²) >= 11 is 5.75. The van der Waals surface area contributed by atoms with Crippen molar-refractivity contribution in [3.05, 3.63) is 28.8 Å². The molecule has 0 amide bonds. The first-order chi connectivity index (χ1) is 9.70. The zero-order valence-corrected chi connectivity index (χ0v) is 12.2. The van der Waals surface area contributed by atoms with Crippen molar-refractivity contribution in [1.29, 1.82) is 0 Å².